The molecule has 0 radical (unpaired) electrons. The van der Waals surface area contributed by atoms with Crippen LogP contribution in [0.5, 0.6) is 0 Å². The highest BCUT2D eigenvalue weighted by molar-refractivity contribution is 5.82. The SMILES string of the molecule is CN(C(=O)OC(C)(C)C)[C@H](C(=O)O)C(C)(C)c1ccc(CNC(=O)OC(C)(C)C)cc1. The molecule has 0 bridgehead atoms. The lowest BCUT2D eigenvalue weighted by molar-refractivity contribution is -0.145. The number of likely N-dealkylation sites (N-methyl/N-ethyl adjacent to an activating group) is 1. The van der Waals surface area contributed by atoms with Crippen LogP contribution in [0, 0.1) is 0 Å². The van der Waals surface area contributed by atoms with Crippen molar-refractivity contribution >= 4 is 18.2 Å². The molecule has 0 unspecified atom stereocenters. The highest BCUT2D eigenvalue weighted by Gasteiger charge is 2.42. The predicted octanol–water partition coefficient (Wildman–Crippen LogP) is 4.31. The van der Waals surface area contributed by atoms with Gasteiger partial charge in [0.25, 0.3) is 0 Å². The predicted molar refractivity (Wildman–Crippen MR) is 118 cm³/mol. The van der Waals surface area contributed by atoms with E-state index in [-0.39, 0.29) is 6.54 Å². The van der Waals surface area contributed by atoms with Crippen LogP contribution in [-0.4, -0.2) is 52.5 Å². The first-order chi connectivity index (χ1) is 13.9. The third kappa shape index (κ3) is 8.11. The van der Waals surface area contributed by atoms with Gasteiger partial charge >= 0.3 is 18.2 Å². The highest BCUT2D eigenvalue weighted by atomic mass is 16.6. The monoisotopic (exact) mass is 436 g/mol. The fourth-order valence-electron chi connectivity index (χ4n) is 3.10. The maximum Gasteiger partial charge on any atom is 0.410 e. The number of ether oxygens (including phenoxy) is 2. The number of amides is 2. The van der Waals surface area contributed by atoms with Crippen LogP contribution in [0.2, 0.25) is 0 Å². The average molecular weight is 437 g/mol. The summed E-state index contributed by atoms with van der Waals surface area (Å²) in [4.78, 5) is 37.5. The molecule has 0 saturated heterocycles. The van der Waals surface area contributed by atoms with Crippen molar-refractivity contribution in [1.82, 2.24) is 10.2 Å². The molecule has 0 heterocycles. The zero-order chi connectivity index (χ0) is 24.2. The minimum Gasteiger partial charge on any atom is -0.480 e. The lowest BCUT2D eigenvalue weighted by Crippen LogP contribution is -2.54. The Morgan fingerprint density at radius 1 is 0.935 bits per heavy atom. The van der Waals surface area contributed by atoms with Gasteiger partial charge in [-0.05, 0) is 52.7 Å². The molecule has 0 aliphatic heterocycles. The number of carbonyl (C=O) groups excluding carboxylic acids is 2. The number of aliphatic carboxylic acids is 1. The number of nitrogens with zero attached hydrogens (tertiary/aromatic N) is 1. The van der Waals surface area contributed by atoms with Crippen molar-refractivity contribution in [2.75, 3.05) is 7.05 Å². The molecule has 0 aliphatic rings. The molecule has 1 aromatic rings. The van der Waals surface area contributed by atoms with Gasteiger partial charge in [-0.1, -0.05) is 38.1 Å². The lowest BCUT2D eigenvalue weighted by atomic mass is 9.77. The van der Waals surface area contributed by atoms with Gasteiger partial charge in [0.2, 0.25) is 0 Å². The third-order valence-corrected chi connectivity index (χ3v) is 4.52. The Bertz CT molecular complexity index is 788. The molecule has 31 heavy (non-hydrogen) atoms. The molecule has 1 atom stereocenters. The fourth-order valence-corrected chi connectivity index (χ4v) is 3.10. The molecule has 0 fully saturated rings. The average Bonchev–Trinajstić information content (AvgIpc) is 2.56. The molecule has 1 aromatic carbocycles. The van der Waals surface area contributed by atoms with Gasteiger partial charge in [0, 0.05) is 19.0 Å². The standard InChI is InChI=1S/C23H36N2O6/c1-21(2,3)30-19(28)24-14-15-10-12-16(13-11-15)23(7,8)17(18(26)27)25(9)20(29)31-22(4,5)6/h10-13,17H,14H2,1-9H3,(H,24,28)(H,26,27)/t17-/m1/s1. The third-order valence-electron chi connectivity index (χ3n) is 4.52. The first kappa shape index (κ1) is 26.3. The number of hydrogen-bond acceptors (Lipinski definition) is 5. The van der Waals surface area contributed by atoms with Crippen LogP contribution in [0.3, 0.4) is 0 Å². The van der Waals surface area contributed by atoms with Crippen molar-refractivity contribution in [3.63, 3.8) is 0 Å². The molecule has 0 saturated carbocycles. The van der Waals surface area contributed by atoms with Gasteiger partial charge in [-0.3, -0.25) is 4.90 Å². The fraction of sp³-hybridized carbons (Fsp3) is 0.609. The molecule has 8 nitrogen and oxygen atoms in total. The molecular formula is C23H36N2O6. The summed E-state index contributed by atoms with van der Waals surface area (Å²) < 4.78 is 10.6. The maximum atomic E-state index is 12.5. The van der Waals surface area contributed by atoms with Crippen molar-refractivity contribution in [2.24, 2.45) is 0 Å². The van der Waals surface area contributed by atoms with Crippen molar-refractivity contribution in [3.05, 3.63) is 35.4 Å². The van der Waals surface area contributed by atoms with E-state index in [9.17, 15) is 19.5 Å². The molecule has 8 heteroatoms. The zero-order valence-electron chi connectivity index (χ0n) is 20.0. The minimum absolute atomic E-state index is 0.274. The number of carboxylic acid groups (broad SMARTS) is 1. The van der Waals surface area contributed by atoms with Crippen LogP contribution >= 0.6 is 0 Å². The number of carboxylic acids is 1. The zero-order valence-corrected chi connectivity index (χ0v) is 20.0. The second-order valence-corrected chi connectivity index (χ2v) is 10.1. The van der Waals surface area contributed by atoms with Crippen LogP contribution in [0.15, 0.2) is 24.3 Å². The van der Waals surface area contributed by atoms with E-state index in [1.165, 1.54) is 7.05 Å². The Balaban J connectivity index is 2.98. The molecule has 174 valence electrons. The lowest BCUT2D eigenvalue weighted by Gasteiger charge is -2.38. The van der Waals surface area contributed by atoms with E-state index in [4.69, 9.17) is 9.47 Å². The first-order valence-electron chi connectivity index (χ1n) is 10.2. The Kier molecular flexibility index (Phi) is 8.11. The summed E-state index contributed by atoms with van der Waals surface area (Å²) in [6.45, 7) is 14.3. The Labute approximate surface area is 184 Å². The number of benzene rings is 1. The molecule has 0 aromatic heterocycles. The van der Waals surface area contributed by atoms with E-state index in [0.717, 1.165) is 16.0 Å². The Hall–Kier alpha value is -2.77. The van der Waals surface area contributed by atoms with Gasteiger partial charge in [-0.25, -0.2) is 14.4 Å². The van der Waals surface area contributed by atoms with E-state index in [2.05, 4.69) is 5.32 Å². The largest absolute Gasteiger partial charge is 0.480 e. The van der Waals surface area contributed by atoms with Gasteiger partial charge in [-0.2, -0.15) is 0 Å². The molecule has 1 rings (SSSR count). The number of rotatable bonds is 6. The van der Waals surface area contributed by atoms with Crippen LogP contribution in [0.1, 0.15) is 66.5 Å². The van der Waals surface area contributed by atoms with E-state index < -0.39 is 40.8 Å². The summed E-state index contributed by atoms with van der Waals surface area (Å²) in [5, 5.41) is 12.6. The normalized spacial score (nSPS) is 13.2. The highest BCUT2D eigenvalue weighted by Crippen LogP contribution is 2.31. The van der Waals surface area contributed by atoms with Crippen LogP contribution < -0.4 is 5.32 Å². The first-order valence-corrected chi connectivity index (χ1v) is 10.2. The molecular weight excluding hydrogens is 400 g/mol. The molecule has 2 N–H and O–H groups in total. The maximum absolute atomic E-state index is 12.5. The summed E-state index contributed by atoms with van der Waals surface area (Å²) in [5.41, 5.74) is -0.658. The van der Waals surface area contributed by atoms with E-state index in [1.54, 1.807) is 79.7 Å². The van der Waals surface area contributed by atoms with Gasteiger partial charge in [-0.15, -0.1) is 0 Å². The number of nitrogens with one attached hydrogen (secondary N) is 1. The van der Waals surface area contributed by atoms with Crippen molar-refractivity contribution in [1.29, 1.82) is 0 Å². The second kappa shape index (κ2) is 9.58. The summed E-state index contributed by atoms with van der Waals surface area (Å²) >= 11 is 0. The summed E-state index contributed by atoms with van der Waals surface area (Å²) in [6.07, 6.45) is -1.21. The van der Waals surface area contributed by atoms with Gasteiger partial charge in [0.05, 0.1) is 0 Å². The molecule has 0 aliphatic carbocycles. The summed E-state index contributed by atoms with van der Waals surface area (Å²) in [5.74, 6) is -1.13. The van der Waals surface area contributed by atoms with Gasteiger partial charge in [0.1, 0.15) is 17.2 Å². The van der Waals surface area contributed by atoms with E-state index >= 15 is 0 Å². The van der Waals surface area contributed by atoms with Crippen LogP contribution in [0.25, 0.3) is 0 Å². The summed E-state index contributed by atoms with van der Waals surface area (Å²) in [6, 6.07) is 6.06. The number of alkyl carbamates (subject to hydrolysis) is 1. The minimum atomic E-state index is -1.15. The summed E-state index contributed by atoms with van der Waals surface area (Å²) in [7, 11) is 1.42. The van der Waals surface area contributed by atoms with Gasteiger partial charge < -0.3 is 19.9 Å². The van der Waals surface area contributed by atoms with Crippen LogP contribution in [-0.2, 0) is 26.2 Å². The van der Waals surface area contributed by atoms with Crippen molar-refractivity contribution < 1.29 is 29.0 Å². The Morgan fingerprint density at radius 2 is 1.42 bits per heavy atom. The smallest absolute Gasteiger partial charge is 0.410 e. The topological polar surface area (TPSA) is 105 Å². The quantitative estimate of drug-likeness (QED) is 0.688. The van der Waals surface area contributed by atoms with Crippen molar-refractivity contribution in [2.45, 2.75) is 84.6 Å². The number of carbonyl (C=O) groups is 3. The van der Waals surface area contributed by atoms with Crippen LogP contribution in [0.4, 0.5) is 9.59 Å². The Morgan fingerprint density at radius 3 is 1.84 bits per heavy atom. The number of hydrogen-bond donors (Lipinski definition) is 2. The van der Waals surface area contributed by atoms with Crippen molar-refractivity contribution in [3.8, 4) is 0 Å². The van der Waals surface area contributed by atoms with Gasteiger partial charge in [0.15, 0.2) is 0 Å². The van der Waals surface area contributed by atoms with E-state index in [0.29, 0.717) is 0 Å². The second-order valence-electron chi connectivity index (χ2n) is 10.1. The van der Waals surface area contributed by atoms with E-state index in [1.807, 2.05) is 0 Å². The molecule has 0 spiro atoms. The molecule has 2 amide bonds.